The molecule has 1 aromatic rings. The zero-order valence-corrected chi connectivity index (χ0v) is 14.8. The first-order valence-electron chi connectivity index (χ1n) is 9.18. The second-order valence-corrected chi connectivity index (χ2v) is 7.15. The van der Waals surface area contributed by atoms with Crippen molar-refractivity contribution in [1.29, 1.82) is 0 Å². The lowest BCUT2D eigenvalue weighted by atomic mass is 10.0. The molecule has 4 heteroatoms. The third-order valence-corrected chi connectivity index (χ3v) is 5.27. The van der Waals surface area contributed by atoms with E-state index >= 15 is 0 Å². The van der Waals surface area contributed by atoms with E-state index in [4.69, 9.17) is 0 Å². The quantitative estimate of drug-likeness (QED) is 0.899. The minimum Gasteiger partial charge on any atom is -0.378 e. The molecule has 1 N–H and O–H groups in total. The van der Waals surface area contributed by atoms with Crippen molar-refractivity contribution in [2.75, 3.05) is 64.8 Å². The van der Waals surface area contributed by atoms with Crippen LogP contribution in [0.3, 0.4) is 0 Å². The highest BCUT2D eigenvalue weighted by Gasteiger charge is 2.25. The molecule has 0 amide bonds. The molecule has 1 unspecified atom stereocenters. The van der Waals surface area contributed by atoms with Crippen molar-refractivity contribution in [2.45, 2.75) is 25.3 Å². The summed E-state index contributed by atoms with van der Waals surface area (Å²) in [5, 5.41) is 3.47. The Kier molecular flexibility index (Phi) is 5.92. The molecule has 2 fully saturated rings. The number of benzene rings is 1. The van der Waals surface area contributed by atoms with Gasteiger partial charge in [0, 0.05) is 58.5 Å². The van der Waals surface area contributed by atoms with Crippen LogP contribution in [0.25, 0.3) is 0 Å². The summed E-state index contributed by atoms with van der Waals surface area (Å²) in [5.74, 6) is 0. The Bertz CT molecular complexity index is 459. The zero-order valence-electron chi connectivity index (χ0n) is 14.8. The van der Waals surface area contributed by atoms with Gasteiger partial charge in [-0.05, 0) is 43.6 Å². The van der Waals surface area contributed by atoms with Crippen LogP contribution < -0.4 is 10.2 Å². The highest BCUT2D eigenvalue weighted by Crippen LogP contribution is 2.27. The number of piperazine rings is 1. The van der Waals surface area contributed by atoms with Gasteiger partial charge in [-0.15, -0.1) is 0 Å². The van der Waals surface area contributed by atoms with Crippen LogP contribution in [0.1, 0.15) is 30.9 Å². The maximum Gasteiger partial charge on any atom is 0.0475 e. The summed E-state index contributed by atoms with van der Waals surface area (Å²) < 4.78 is 0. The number of piperidine rings is 1. The summed E-state index contributed by atoms with van der Waals surface area (Å²) in [7, 11) is 4.22. The van der Waals surface area contributed by atoms with Gasteiger partial charge in [-0.2, -0.15) is 0 Å². The normalized spacial score (nSPS) is 22.0. The minimum atomic E-state index is 0.546. The van der Waals surface area contributed by atoms with Gasteiger partial charge in [0.15, 0.2) is 0 Å². The van der Waals surface area contributed by atoms with Crippen molar-refractivity contribution >= 4 is 5.69 Å². The van der Waals surface area contributed by atoms with Crippen LogP contribution in [0.15, 0.2) is 24.3 Å². The van der Waals surface area contributed by atoms with Gasteiger partial charge >= 0.3 is 0 Å². The summed E-state index contributed by atoms with van der Waals surface area (Å²) in [6.45, 7) is 8.31. The number of nitrogens with zero attached hydrogens (tertiary/aromatic N) is 3. The van der Waals surface area contributed by atoms with E-state index in [0.717, 1.165) is 13.1 Å². The maximum atomic E-state index is 3.47. The van der Waals surface area contributed by atoms with E-state index in [-0.39, 0.29) is 0 Å². The maximum absolute atomic E-state index is 3.47. The minimum absolute atomic E-state index is 0.546. The van der Waals surface area contributed by atoms with Crippen LogP contribution in [-0.2, 0) is 0 Å². The first kappa shape index (κ1) is 16.7. The fourth-order valence-corrected chi connectivity index (χ4v) is 3.79. The van der Waals surface area contributed by atoms with Gasteiger partial charge in [-0.1, -0.05) is 18.6 Å². The zero-order chi connectivity index (χ0) is 16.1. The van der Waals surface area contributed by atoms with E-state index in [1.807, 2.05) is 0 Å². The van der Waals surface area contributed by atoms with Crippen molar-refractivity contribution < 1.29 is 0 Å². The Morgan fingerprint density at radius 2 is 1.61 bits per heavy atom. The summed E-state index contributed by atoms with van der Waals surface area (Å²) in [4.78, 5) is 7.53. The monoisotopic (exact) mass is 316 g/mol. The van der Waals surface area contributed by atoms with Gasteiger partial charge in [0.1, 0.15) is 0 Å². The molecule has 0 spiro atoms. The van der Waals surface area contributed by atoms with Crippen molar-refractivity contribution in [3.05, 3.63) is 29.8 Å². The molecule has 0 saturated carbocycles. The fourth-order valence-electron chi connectivity index (χ4n) is 3.79. The molecule has 23 heavy (non-hydrogen) atoms. The first-order valence-corrected chi connectivity index (χ1v) is 9.18. The molecule has 4 nitrogen and oxygen atoms in total. The molecule has 2 saturated heterocycles. The Morgan fingerprint density at radius 1 is 0.957 bits per heavy atom. The summed E-state index contributed by atoms with van der Waals surface area (Å²) >= 11 is 0. The molecule has 2 aliphatic heterocycles. The van der Waals surface area contributed by atoms with Crippen molar-refractivity contribution in [2.24, 2.45) is 0 Å². The third kappa shape index (κ3) is 4.46. The molecule has 2 aliphatic rings. The highest BCUT2D eigenvalue weighted by atomic mass is 15.2. The second-order valence-electron chi connectivity index (χ2n) is 7.15. The van der Waals surface area contributed by atoms with E-state index in [9.17, 15) is 0 Å². The van der Waals surface area contributed by atoms with E-state index in [2.05, 4.69) is 58.4 Å². The summed E-state index contributed by atoms with van der Waals surface area (Å²) in [6, 6.07) is 9.77. The third-order valence-electron chi connectivity index (χ3n) is 5.27. The molecule has 2 heterocycles. The largest absolute Gasteiger partial charge is 0.378 e. The number of anilines is 1. The molecule has 0 radical (unpaired) electrons. The van der Waals surface area contributed by atoms with E-state index in [1.165, 1.54) is 63.2 Å². The number of hydrogen-bond acceptors (Lipinski definition) is 4. The van der Waals surface area contributed by atoms with E-state index in [1.54, 1.807) is 0 Å². The molecule has 1 aromatic carbocycles. The standard InChI is InChI=1S/C19H32N4/c1-21(2)18-8-6-17(7-9-18)19(23-12-4-3-5-13-23)16-22-14-10-20-11-15-22/h6-9,19-20H,3-5,10-16H2,1-2H3. The number of nitrogens with one attached hydrogen (secondary N) is 1. The second kappa shape index (κ2) is 8.13. The van der Waals surface area contributed by atoms with Crippen molar-refractivity contribution in [1.82, 2.24) is 15.1 Å². The van der Waals surface area contributed by atoms with E-state index in [0.29, 0.717) is 6.04 Å². The Hall–Kier alpha value is -1.10. The molecule has 0 aromatic heterocycles. The lowest BCUT2D eigenvalue weighted by Gasteiger charge is -2.39. The van der Waals surface area contributed by atoms with Crippen molar-refractivity contribution in [3.63, 3.8) is 0 Å². The smallest absolute Gasteiger partial charge is 0.0475 e. The Morgan fingerprint density at radius 3 is 2.22 bits per heavy atom. The summed E-state index contributed by atoms with van der Waals surface area (Å²) in [6.07, 6.45) is 4.11. The number of rotatable bonds is 5. The number of likely N-dealkylation sites (tertiary alicyclic amines) is 1. The fraction of sp³-hybridized carbons (Fsp3) is 0.684. The average Bonchev–Trinajstić information content (AvgIpc) is 2.61. The lowest BCUT2D eigenvalue weighted by molar-refractivity contribution is 0.111. The van der Waals surface area contributed by atoms with Gasteiger partial charge in [0.25, 0.3) is 0 Å². The lowest BCUT2D eigenvalue weighted by Crippen LogP contribution is -2.48. The predicted octanol–water partition coefficient (Wildman–Crippen LogP) is 2.18. The van der Waals surface area contributed by atoms with Gasteiger partial charge in [0.2, 0.25) is 0 Å². The first-order chi connectivity index (χ1) is 11.2. The molecule has 0 aliphatic carbocycles. The highest BCUT2D eigenvalue weighted by molar-refractivity contribution is 5.46. The molecule has 0 bridgehead atoms. The molecular formula is C19H32N4. The molecule has 128 valence electrons. The molecule has 1 atom stereocenters. The van der Waals surface area contributed by atoms with Crippen LogP contribution in [0, 0.1) is 0 Å². The van der Waals surface area contributed by atoms with Gasteiger partial charge in [-0.3, -0.25) is 9.80 Å². The number of hydrogen-bond donors (Lipinski definition) is 1. The molecular weight excluding hydrogens is 284 g/mol. The van der Waals surface area contributed by atoms with Crippen LogP contribution >= 0.6 is 0 Å². The molecule has 3 rings (SSSR count). The van der Waals surface area contributed by atoms with Gasteiger partial charge in [0.05, 0.1) is 0 Å². The SMILES string of the molecule is CN(C)c1ccc(C(CN2CCNCC2)N2CCCCC2)cc1. The van der Waals surface area contributed by atoms with E-state index < -0.39 is 0 Å². The van der Waals surface area contributed by atoms with Crippen molar-refractivity contribution in [3.8, 4) is 0 Å². The Labute approximate surface area is 141 Å². The Balaban J connectivity index is 1.75. The average molecular weight is 316 g/mol. The van der Waals surface area contributed by atoms with Gasteiger partial charge in [-0.25, -0.2) is 0 Å². The van der Waals surface area contributed by atoms with Crippen LogP contribution in [0.5, 0.6) is 0 Å². The van der Waals surface area contributed by atoms with Crippen LogP contribution in [-0.4, -0.2) is 69.7 Å². The van der Waals surface area contributed by atoms with Crippen LogP contribution in [0.4, 0.5) is 5.69 Å². The van der Waals surface area contributed by atoms with Gasteiger partial charge < -0.3 is 10.2 Å². The van der Waals surface area contributed by atoms with Crippen LogP contribution in [0.2, 0.25) is 0 Å². The summed E-state index contributed by atoms with van der Waals surface area (Å²) in [5.41, 5.74) is 2.77. The predicted molar refractivity (Wildman–Crippen MR) is 98.2 cm³/mol. The topological polar surface area (TPSA) is 21.8 Å².